The van der Waals surface area contributed by atoms with Gasteiger partial charge in [-0.3, -0.25) is 9.80 Å². The Labute approximate surface area is 414 Å². The summed E-state index contributed by atoms with van der Waals surface area (Å²) < 4.78 is 14.9. The Bertz CT molecular complexity index is 1940. The third-order valence-corrected chi connectivity index (χ3v) is 24.2. The first kappa shape index (κ1) is 45.2. The molecule has 14 aliphatic rings. The van der Waals surface area contributed by atoms with E-state index in [9.17, 15) is 0 Å². The van der Waals surface area contributed by atoms with E-state index < -0.39 is 0 Å². The van der Waals surface area contributed by atoms with Gasteiger partial charge < -0.3 is 9.47 Å². The van der Waals surface area contributed by atoms with E-state index in [4.69, 9.17) is 9.47 Å². The van der Waals surface area contributed by atoms with Gasteiger partial charge in [-0.25, -0.2) is 0 Å². The first-order valence-corrected chi connectivity index (χ1v) is 31.0. The third kappa shape index (κ3) is 7.99. The van der Waals surface area contributed by atoms with Crippen LogP contribution in [0.15, 0.2) is 59.8 Å². The van der Waals surface area contributed by atoms with E-state index in [1.54, 1.807) is 5.57 Å². The maximum Gasteiger partial charge on any atom is 0.0792 e. The van der Waals surface area contributed by atoms with Crippen LogP contribution < -0.4 is 0 Å². The fraction of sp³-hybridized carbons (Fsp3) is 0.844. The second kappa shape index (κ2) is 19.4. The van der Waals surface area contributed by atoms with Gasteiger partial charge in [0.05, 0.1) is 24.4 Å². The SMILES string of the molecule is C1=CC(C2=CCC(N(C3CCC4CCC5C6C(CCC3C46)CCC5N(C3CC=C(C4CCCCC4)CC3)C3CCCC4C5CCCCC5OC43)C3CCCC4C5CCC=CC5OC43)C=C2)CCC1. The zero-order chi connectivity index (χ0) is 44.7. The largest absolute Gasteiger partial charge is 0.373 e. The second-order valence-corrected chi connectivity index (χ2v) is 26.9. The van der Waals surface area contributed by atoms with E-state index in [2.05, 4.69) is 58.4 Å². The molecule has 372 valence electrons. The summed E-state index contributed by atoms with van der Waals surface area (Å²) >= 11 is 0. The van der Waals surface area contributed by atoms with Gasteiger partial charge in [-0.1, -0.05) is 99.1 Å². The summed E-state index contributed by atoms with van der Waals surface area (Å²) in [5, 5.41) is 0. The summed E-state index contributed by atoms with van der Waals surface area (Å²) in [6.07, 6.45) is 68.3. The molecule has 0 bridgehead atoms. The lowest BCUT2D eigenvalue weighted by Crippen LogP contribution is -2.66. The molecule has 0 amide bonds. The monoisotopic (exact) mass is 923 g/mol. The van der Waals surface area contributed by atoms with Crippen molar-refractivity contribution in [2.24, 2.45) is 71.0 Å². The van der Waals surface area contributed by atoms with Crippen molar-refractivity contribution in [2.45, 2.75) is 266 Å². The summed E-state index contributed by atoms with van der Waals surface area (Å²) in [4.78, 5) is 6.71. The minimum absolute atomic E-state index is 0.372. The van der Waals surface area contributed by atoms with Crippen molar-refractivity contribution in [1.29, 1.82) is 0 Å². The van der Waals surface area contributed by atoms with Gasteiger partial charge >= 0.3 is 0 Å². The molecule has 21 atom stereocenters. The van der Waals surface area contributed by atoms with Crippen LogP contribution in [0.1, 0.15) is 205 Å². The number of rotatable bonds is 8. The van der Waals surface area contributed by atoms with Crippen LogP contribution in [0.3, 0.4) is 0 Å². The highest BCUT2D eigenvalue weighted by Crippen LogP contribution is 2.63. The number of fused-ring (bicyclic) bond motifs is 6. The number of nitrogens with zero attached hydrogens (tertiary/aromatic N) is 2. The summed E-state index contributed by atoms with van der Waals surface area (Å²) in [5.41, 5.74) is 3.50. The van der Waals surface area contributed by atoms with Gasteiger partial charge in [0.1, 0.15) is 0 Å². The highest BCUT2D eigenvalue weighted by atomic mass is 16.5. The molecule has 4 heteroatoms. The molecule has 10 fully saturated rings. The van der Waals surface area contributed by atoms with Crippen molar-refractivity contribution in [1.82, 2.24) is 9.80 Å². The van der Waals surface area contributed by atoms with Gasteiger partial charge in [-0.15, -0.1) is 0 Å². The Hall–Kier alpha value is -1.46. The first-order valence-electron chi connectivity index (χ1n) is 31.0. The minimum atomic E-state index is 0.372. The molecule has 21 unspecified atom stereocenters. The van der Waals surface area contributed by atoms with E-state index >= 15 is 0 Å². The van der Waals surface area contributed by atoms with Crippen molar-refractivity contribution in [2.75, 3.05) is 0 Å². The maximum atomic E-state index is 7.50. The molecule has 2 aliphatic heterocycles. The molecule has 0 spiro atoms. The highest BCUT2D eigenvalue weighted by molar-refractivity contribution is 5.32. The Kier molecular flexibility index (Phi) is 12.9. The molecule has 12 aliphatic carbocycles. The van der Waals surface area contributed by atoms with E-state index in [0.717, 1.165) is 77.2 Å². The average Bonchev–Trinajstić information content (AvgIpc) is 3.99. The number of hydrogen-bond acceptors (Lipinski definition) is 4. The van der Waals surface area contributed by atoms with Crippen LogP contribution in [0.2, 0.25) is 0 Å². The van der Waals surface area contributed by atoms with Crippen LogP contribution in [0.25, 0.3) is 0 Å². The fourth-order valence-corrected chi connectivity index (χ4v) is 21.6. The highest BCUT2D eigenvalue weighted by Gasteiger charge is 2.61. The van der Waals surface area contributed by atoms with Crippen LogP contribution in [0, 0.1) is 71.0 Å². The van der Waals surface area contributed by atoms with Gasteiger partial charge in [0, 0.05) is 42.2 Å². The Morgan fingerprint density at radius 2 is 1.13 bits per heavy atom. The summed E-state index contributed by atoms with van der Waals surface area (Å²) in [7, 11) is 0. The van der Waals surface area contributed by atoms with Crippen LogP contribution in [0.4, 0.5) is 0 Å². The zero-order valence-electron chi connectivity index (χ0n) is 42.7. The Balaban J connectivity index is 0.782. The Morgan fingerprint density at radius 1 is 0.441 bits per heavy atom. The molecule has 8 saturated carbocycles. The van der Waals surface area contributed by atoms with E-state index in [1.807, 2.05) is 5.57 Å². The fourth-order valence-electron chi connectivity index (χ4n) is 21.6. The molecular formula is C64H94N2O2. The zero-order valence-corrected chi connectivity index (χ0v) is 42.7. The van der Waals surface area contributed by atoms with E-state index in [1.165, 1.54) is 205 Å². The van der Waals surface area contributed by atoms with Crippen molar-refractivity contribution in [3.8, 4) is 0 Å². The smallest absolute Gasteiger partial charge is 0.0792 e. The third-order valence-electron chi connectivity index (χ3n) is 24.2. The lowest BCUT2D eigenvalue weighted by molar-refractivity contribution is -0.160. The number of hydrogen-bond donors (Lipinski definition) is 0. The standard InChI is InChI=1S/C64H94N2O2/c1-3-13-41(14-4-1)43-25-33-47(34-26-43)65(57-21-11-19-51-49-17-7-9-23-59(49)67-63(51)57)55-39-31-45-30-38-54-56(40-32-46-29-37-53(55)61(45)62(46)54)66(48-35-27-44(28-36-48)42-15-5-2-6-16-42)58-22-12-20-52-50-18-8-10-24-60(50)68-64(52)58/h3,9,13,23,25-27,33,41-42,45-64H,1-2,4-8,10-12,14-22,24,28-32,34-40H2. The summed E-state index contributed by atoms with van der Waals surface area (Å²) in [6, 6.07) is 3.98. The number of ether oxygens (including phenoxy) is 2. The van der Waals surface area contributed by atoms with Gasteiger partial charge in [0.15, 0.2) is 0 Å². The van der Waals surface area contributed by atoms with Crippen LogP contribution >= 0.6 is 0 Å². The topological polar surface area (TPSA) is 24.9 Å². The van der Waals surface area contributed by atoms with Crippen molar-refractivity contribution >= 4 is 0 Å². The first-order chi connectivity index (χ1) is 33.7. The average molecular weight is 923 g/mol. The molecule has 4 nitrogen and oxygen atoms in total. The molecule has 2 saturated heterocycles. The Morgan fingerprint density at radius 3 is 1.87 bits per heavy atom. The van der Waals surface area contributed by atoms with E-state index in [-0.39, 0.29) is 0 Å². The molecule has 0 aromatic carbocycles. The predicted molar refractivity (Wildman–Crippen MR) is 277 cm³/mol. The predicted octanol–water partition coefficient (Wildman–Crippen LogP) is 14.9. The molecule has 0 aromatic rings. The van der Waals surface area contributed by atoms with Crippen molar-refractivity contribution < 1.29 is 9.47 Å². The van der Waals surface area contributed by atoms with Crippen LogP contribution in [0.5, 0.6) is 0 Å². The molecular weight excluding hydrogens is 829 g/mol. The summed E-state index contributed by atoms with van der Waals surface area (Å²) in [5.74, 6) is 10.3. The molecule has 0 radical (unpaired) electrons. The molecule has 2 heterocycles. The van der Waals surface area contributed by atoms with Gasteiger partial charge in [0.25, 0.3) is 0 Å². The summed E-state index contributed by atoms with van der Waals surface area (Å²) in [6.45, 7) is 0. The molecule has 0 N–H and O–H groups in total. The van der Waals surface area contributed by atoms with Gasteiger partial charge in [-0.05, 0) is 231 Å². The van der Waals surface area contributed by atoms with Crippen molar-refractivity contribution in [3.05, 3.63) is 59.8 Å². The minimum Gasteiger partial charge on any atom is -0.373 e. The quantitative estimate of drug-likeness (QED) is 0.227. The lowest BCUT2D eigenvalue weighted by Gasteiger charge is -2.64. The van der Waals surface area contributed by atoms with Crippen LogP contribution in [-0.2, 0) is 9.47 Å². The maximum absolute atomic E-state index is 7.50. The molecule has 0 aromatic heterocycles. The van der Waals surface area contributed by atoms with E-state index in [0.29, 0.717) is 54.5 Å². The van der Waals surface area contributed by atoms with Gasteiger partial charge in [0.2, 0.25) is 0 Å². The molecule has 68 heavy (non-hydrogen) atoms. The second-order valence-electron chi connectivity index (χ2n) is 26.9. The normalized spacial score (nSPS) is 49.9. The molecule has 14 rings (SSSR count). The van der Waals surface area contributed by atoms with Gasteiger partial charge in [-0.2, -0.15) is 0 Å². The van der Waals surface area contributed by atoms with Crippen LogP contribution in [-0.4, -0.2) is 70.5 Å². The van der Waals surface area contributed by atoms with Crippen molar-refractivity contribution in [3.63, 3.8) is 0 Å². The lowest BCUT2D eigenvalue weighted by atomic mass is 9.46. The number of allylic oxidation sites excluding steroid dienone is 6.